The van der Waals surface area contributed by atoms with Crippen LogP contribution >= 0.6 is 0 Å². The highest BCUT2D eigenvalue weighted by Gasteiger charge is 2.20. The number of anilines is 1. The lowest BCUT2D eigenvalue weighted by Gasteiger charge is -2.17. The number of benzene rings is 1. The van der Waals surface area contributed by atoms with Crippen molar-refractivity contribution in [2.45, 2.75) is 27.2 Å². The number of amides is 2. The zero-order chi connectivity index (χ0) is 15.9. The van der Waals surface area contributed by atoms with Crippen molar-refractivity contribution < 1.29 is 14.3 Å². The first-order valence-electron chi connectivity index (χ1n) is 6.99. The van der Waals surface area contributed by atoms with Gasteiger partial charge >= 0.3 is 0 Å². The van der Waals surface area contributed by atoms with Crippen LogP contribution in [0.2, 0.25) is 0 Å². The maximum atomic E-state index is 11.9. The molecule has 0 aliphatic carbocycles. The van der Waals surface area contributed by atoms with Crippen LogP contribution < -0.4 is 10.6 Å². The number of carbonyl (C=O) groups is 2. The summed E-state index contributed by atoms with van der Waals surface area (Å²) in [4.78, 5) is 23.5. The number of hydrogen-bond acceptors (Lipinski definition) is 3. The van der Waals surface area contributed by atoms with E-state index in [-0.39, 0.29) is 11.8 Å². The third-order valence-corrected chi connectivity index (χ3v) is 2.89. The third kappa shape index (κ3) is 6.40. The van der Waals surface area contributed by atoms with Gasteiger partial charge in [-0.2, -0.15) is 0 Å². The van der Waals surface area contributed by atoms with Crippen LogP contribution in [0.4, 0.5) is 5.69 Å². The molecule has 21 heavy (non-hydrogen) atoms. The van der Waals surface area contributed by atoms with Gasteiger partial charge in [0.05, 0.1) is 13.0 Å². The molecular formula is C16H24N2O3. The van der Waals surface area contributed by atoms with E-state index in [0.29, 0.717) is 19.6 Å². The Bertz CT molecular complexity index is 475. The number of ether oxygens (including phenoxy) is 1. The van der Waals surface area contributed by atoms with E-state index in [1.54, 1.807) is 19.2 Å². The molecule has 1 rings (SSSR count). The average Bonchev–Trinajstić information content (AvgIpc) is 2.40. The number of methoxy groups -OCH3 is 1. The average molecular weight is 292 g/mol. The lowest BCUT2D eigenvalue weighted by atomic mass is 9.95. The van der Waals surface area contributed by atoms with Crippen molar-refractivity contribution in [2.75, 3.05) is 25.6 Å². The van der Waals surface area contributed by atoms with Crippen LogP contribution in [0.5, 0.6) is 0 Å². The third-order valence-electron chi connectivity index (χ3n) is 2.89. The minimum Gasteiger partial charge on any atom is -0.383 e. The van der Waals surface area contributed by atoms with Crippen molar-refractivity contribution >= 4 is 17.5 Å². The zero-order valence-electron chi connectivity index (χ0n) is 13.2. The smallest absolute Gasteiger partial charge is 0.229 e. The molecule has 0 saturated heterocycles. The minimum atomic E-state index is -0.431. The van der Waals surface area contributed by atoms with Crippen LogP contribution in [-0.2, 0) is 20.7 Å². The van der Waals surface area contributed by atoms with E-state index in [2.05, 4.69) is 10.6 Å². The van der Waals surface area contributed by atoms with Crippen molar-refractivity contribution in [2.24, 2.45) is 5.41 Å². The first-order chi connectivity index (χ1) is 9.82. The second kappa shape index (κ2) is 7.78. The SMILES string of the molecule is COCCNC(=O)Cc1ccc(NC(=O)C(C)(C)C)cc1. The fourth-order valence-corrected chi connectivity index (χ4v) is 1.56. The Balaban J connectivity index is 2.50. The molecule has 0 heterocycles. The first-order valence-corrected chi connectivity index (χ1v) is 6.99. The highest BCUT2D eigenvalue weighted by molar-refractivity contribution is 5.94. The molecular weight excluding hydrogens is 268 g/mol. The second-order valence-corrected chi connectivity index (χ2v) is 5.92. The maximum absolute atomic E-state index is 11.9. The molecule has 0 bridgehead atoms. The van der Waals surface area contributed by atoms with Gasteiger partial charge in [0, 0.05) is 24.8 Å². The molecule has 2 N–H and O–H groups in total. The van der Waals surface area contributed by atoms with Crippen LogP contribution in [-0.4, -0.2) is 32.1 Å². The van der Waals surface area contributed by atoms with E-state index in [4.69, 9.17) is 4.74 Å². The first kappa shape index (κ1) is 17.2. The summed E-state index contributed by atoms with van der Waals surface area (Å²) in [6, 6.07) is 7.30. The highest BCUT2D eigenvalue weighted by Crippen LogP contribution is 2.17. The monoisotopic (exact) mass is 292 g/mol. The van der Waals surface area contributed by atoms with E-state index in [1.165, 1.54) is 0 Å². The largest absolute Gasteiger partial charge is 0.383 e. The molecule has 0 aliphatic heterocycles. The lowest BCUT2D eigenvalue weighted by Crippen LogP contribution is -2.28. The lowest BCUT2D eigenvalue weighted by molar-refractivity contribution is -0.123. The molecule has 0 spiro atoms. The van der Waals surface area contributed by atoms with Crippen molar-refractivity contribution in [1.29, 1.82) is 0 Å². The summed E-state index contributed by atoms with van der Waals surface area (Å²) < 4.78 is 4.87. The van der Waals surface area contributed by atoms with Gasteiger partial charge in [-0.25, -0.2) is 0 Å². The van der Waals surface area contributed by atoms with Crippen LogP contribution in [0, 0.1) is 5.41 Å². The molecule has 0 radical (unpaired) electrons. The summed E-state index contributed by atoms with van der Waals surface area (Å²) >= 11 is 0. The van der Waals surface area contributed by atoms with E-state index < -0.39 is 5.41 Å². The summed E-state index contributed by atoms with van der Waals surface area (Å²) in [5.41, 5.74) is 1.21. The summed E-state index contributed by atoms with van der Waals surface area (Å²) in [7, 11) is 1.59. The Morgan fingerprint density at radius 1 is 1.14 bits per heavy atom. The fourth-order valence-electron chi connectivity index (χ4n) is 1.56. The van der Waals surface area contributed by atoms with Gasteiger partial charge in [-0.05, 0) is 17.7 Å². The van der Waals surface area contributed by atoms with Gasteiger partial charge in [-0.3, -0.25) is 9.59 Å². The topological polar surface area (TPSA) is 67.4 Å². The Labute approximate surface area is 126 Å². The summed E-state index contributed by atoms with van der Waals surface area (Å²) in [6.45, 7) is 6.60. The highest BCUT2D eigenvalue weighted by atomic mass is 16.5. The number of nitrogens with one attached hydrogen (secondary N) is 2. The molecule has 0 aromatic heterocycles. The van der Waals surface area contributed by atoms with Gasteiger partial charge in [0.1, 0.15) is 0 Å². The van der Waals surface area contributed by atoms with E-state index >= 15 is 0 Å². The molecule has 116 valence electrons. The Kier molecular flexibility index (Phi) is 6.37. The van der Waals surface area contributed by atoms with Crippen LogP contribution in [0.3, 0.4) is 0 Å². The molecule has 0 aliphatic rings. The van der Waals surface area contributed by atoms with Crippen molar-refractivity contribution in [3.05, 3.63) is 29.8 Å². The van der Waals surface area contributed by atoms with E-state index in [0.717, 1.165) is 11.3 Å². The van der Waals surface area contributed by atoms with Crippen molar-refractivity contribution in [3.8, 4) is 0 Å². The molecule has 1 aromatic rings. The summed E-state index contributed by atoms with van der Waals surface area (Å²) in [6.07, 6.45) is 0.317. The van der Waals surface area contributed by atoms with Crippen LogP contribution in [0.25, 0.3) is 0 Å². The molecule has 5 nitrogen and oxygen atoms in total. The standard InChI is InChI=1S/C16H24N2O3/c1-16(2,3)15(20)18-13-7-5-12(6-8-13)11-14(19)17-9-10-21-4/h5-8H,9-11H2,1-4H3,(H,17,19)(H,18,20). The Morgan fingerprint density at radius 3 is 2.29 bits per heavy atom. The zero-order valence-corrected chi connectivity index (χ0v) is 13.2. The number of hydrogen-bond donors (Lipinski definition) is 2. The van der Waals surface area contributed by atoms with Crippen molar-refractivity contribution in [1.82, 2.24) is 5.32 Å². The molecule has 0 fully saturated rings. The van der Waals surface area contributed by atoms with Gasteiger partial charge in [0.2, 0.25) is 11.8 Å². The maximum Gasteiger partial charge on any atom is 0.229 e. The Morgan fingerprint density at radius 2 is 1.76 bits per heavy atom. The second-order valence-electron chi connectivity index (χ2n) is 5.92. The van der Waals surface area contributed by atoms with Gasteiger partial charge in [-0.15, -0.1) is 0 Å². The fraction of sp³-hybridized carbons (Fsp3) is 0.500. The van der Waals surface area contributed by atoms with Gasteiger partial charge in [0.25, 0.3) is 0 Å². The number of rotatable bonds is 6. The van der Waals surface area contributed by atoms with E-state index in [9.17, 15) is 9.59 Å². The normalized spacial score (nSPS) is 11.0. The molecule has 0 unspecified atom stereocenters. The Hall–Kier alpha value is -1.88. The minimum absolute atomic E-state index is 0.0347. The van der Waals surface area contributed by atoms with Crippen LogP contribution in [0.15, 0.2) is 24.3 Å². The summed E-state index contributed by atoms with van der Waals surface area (Å²) in [5, 5.41) is 5.61. The van der Waals surface area contributed by atoms with Crippen LogP contribution in [0.1, 0.15) is 26.3 Å². The van der Waals surface area contributed by atoms with Gasteiger partial charge in [0.15, 0.2) is 0 Å². The molecule has 0 atom stereocenters. The van der Waals surface area contributed by atoms with Crippen molar-refractivity contribution in [3.63, 3.8) is 0 Å². The van der Waals surface area contributed by atoms with Gasteiger partial charge < -0.3 is 15.4 Å². The molecule has 1 aromatic carbocycles. The van der Waals surface area contributed by atoms with Gasteiger partial charge in [-0.1, -0.05) is 32.9 Å². The number of carbonyl (C=O) groups excluding carboxylic acids is 2. The summed E-state index contributed by atoms with van der Waals surface area (Å²) in [5.74, 6) is -0.0777. The predicted molar refractivity (Wildman–Crippen MR) is 83.1 cm³/mol. The quantitative estimate of drug-likeness (QED) is 0.788. The molecule has 5 heteroatoms. The van der Waals surface area contributed by atoms with E-state index in [1.807, 2.05) is 32.9 Å². The molecule has 0 saturated carbocycles. The molecule has 2 amide bonds. The predicted octanol–water partition coefficient (Wildman–Crippen LogP) is 1.98.